The van der Waals surface area contributed by atoms with E-state index in [1.54, 1.807) is 0 Å². The van der Waals surface area contributed by atoms with E-state index in [0.717, 1.165) is 29.4 Å². The van der Waals surface area contributed by atoms with E-state index in [2.05, 4.69) is 69.6 Å². The van der Waals surface area contributed by atoms with E-state index in [1.165, 1.54) is 11.1 Å². The predicted molar refractivity (Wildman–Crippen MR) is 103 cm³/mol. The monoisotopic (exact) mass is 345 g/mol. The average molecular weight is 345 g/mol. The van der Waals surface area contributed by atoms with E-state index < -0.39 is 0 Å². The van der Waals surface area contributed by atoms with Gasteiger partial charge in [-0.05, 0) is 50.1 Å². The zero-order valence-electron chi connectivity index (χ0n) is 15.3. The van der Waals surface area contributed by atoms with Crippen LogP contribution in [0.4, 0.5) is 0 Å². The number of aromatic nitrogens is 4. The second-order valence-electron chi connectivity index (χ2n) is 6.69. The summed E-state index contributed by atoms with van der Waals surface area (Å²) >= 11 is 0. The summed E-state index contributed by atoms with van der Waals surface area (Å²) in [6.45, 7) is 7.02. The highest BCUT2D eigenvalue weighted by Gasteiger charge is 2.08. The molecule has 0 spiro atoms. The molecule has 0 unspecified atom stereocenters. The van der Waals surface area contributed by atoms with Crippen LogP contribution in [0.15, 0.2) is 61.2 Å². The van der Waals surface area contributed by atoms with Crippen molar-refractivity contribution >= 4 is 5.65 Å². The molecule has 3 heterocycles. The normalized spacial score (nSPS) is 12.6. The van der Waals surface area contributed by atoms with Gasteiger partial charge in [-0.2, -0.15) is 0 Å². The summed E-state index contributed by atoms with van der Waals surface area (Å²) in [5.74, 6) is 0.992. The molecule has 0 aliphatic rings. The number of benzene rings is 1. The largest absolute Gasteiger partial charge is 0.307 e. The van der Waals surface area contributed by atoms with Crippen molar-refractivity contribution in [2.75, 3.05) is 0 Å². The first kappa shape index (κ1) is 16.5. The van der Waals surface area contributed by atoms with Crippen molar-refractivity contribution in [2.45, 2.75) is 33.4 Å². The minimum absolute atomic E-state index is 0.249. The topological polar surface area (TPSA) is 47.1 Å². The van der Waals surface area contributed by atoms with Gasteiger partial charge in [-0.25, -0.2) is 9.97 Å². The lowest BCUT2D eigenvalue weighted by Crippen LogP contribution is -2.18. The second kappa shape index (κ2) is 6.77. The quantitative estimate of drug-likeness (QED) is 0.595. The van der Waals surface area contributed by atoms with E-state index in [0.29, 0.717) is 0 Å². The summed E-state index contributed by atoms with van der Waals surface area (Å²) in [6.07, 6.45) is 7.94. The summed E-state index contributed by atoms with van der Waals surface area (Å²) < 4.78 is 4.17. The van der Waals surface area contributed by atoms with Gasteiger partial charge in [0.15, 0.2) is 0 Å². The molecule has 0 bridgehead atoms. The van der Waals surface area contributed by atoms with Crippen molar-refractivity contribution in [3.05, 3.63) is 83.8 Å². The second-order valence-corrected chi connectivity index (χ2v) is 6.69. The third kappa shape index (κ3) is 3.13. The molecule has 26 heavy (non-hydrogen) atoms. The van der Waals surface area contributed by atoms with Crippen molar-refractivity contribution in [1.29, 1.82) is 0 Å². The number of fused-ring (bicyclic) bond motifs is 1. The molecule has 132 valence electrons. The number of imidazole rings is 2. The molecule has 0 saturated carbocycles. The Morgan fingerprint density at radius 2 is 1.88 bits per heavy atom. The molecule has 0 aliphatic carbocycles. The van der Waals surface area contributed by atoms with Gasteiger partial charge in [0.25, 0.3) is 0 Å². The number of hydrogen-bond acceptors (Lipinski definition) is 3. The lowest BCUT2D eigenvalue weighted by molar-refractivity contribution is 0.569. The Hall–Kier alpha value is -2.92. The van der Waals surface area contributed by atoms with Gasteiger partial charge in [0.1, 0.15) is 11.5 Å². The maximum absolute atomic E-state index is 4.73. The van der Waals surface area contributed by atoms with Crippen molar-refractivity contribution in [2.24, 2.45) is 0 Å². The lowest BCUT2D eigenvalue weighted by atomic mass is 10.1. The zero-order chi connectivity index (χ0) is 18.1. The van der Waals surface area contributed by atoms with Crippen LogP contribution in [0.1, 0.15) is 35.6 Å². The Kier molecular flexibility index (Phi) is 4.31. The SMILES string of the molecule is Cc1cccn2cc(CN[C@@H](C)c3ccc(-n4ccnc4C)cc3)nc12. The van der Waals surface area contributed by atoms with Crippen LogP contribution < -0.4 is 5.32 Å². The van der Waals surface area contributed by atoms with Crippen LogP contribution in [0, 0.1) is 13.8 Å². The summed E-state index contributed by atoms with van der Waals surface area (Å²) in [5.41, 5.74) is 5.66. The molecular formula is C21H23N5. The van der Waals surface area contributed by atoms with Gasteiger partial charge in [0.2, 0.25) is 0 Å². The summed E-state index contributed by atoms with van der Waals surface area (Å²) in [4.78, 5) is 9.00. The number of rotatable bonds is 5. The van der Waals surface area contributed by atoms with Crippen LogP contribution in [0.5, 0.6) is 0 Å². The molecular weight excluding hydrogens is 322 g/mol. The van der Waals surface area contributed by atoms with Gasteiger partial charge in [-0.15, -0.1) is 0 Å². The molecule has 0 radical (unpaired) electrons. The molecule has 0 saturated heterocycles. The zero-order valence-corrected chi connectivity index (χ0v) is 15.3. The maximum atomic E-state index is 4.73. The van der Waals surface area contributed by atoms with E-state index >= 15 is 0 Å². The maximum Gasteiger partial charge on any atom is 0.139 e. The number of aryl methyl sites for hydroxylation is 2. The van der Waals surface area contributed by atoms with Crippen LogP contribution in [-0.2, 0) is 6.54 Å². The molecule has 0 amide bonds. The predicted octanol–water partition coefficient (Wildman–Crippen LogP) is 3.99. The van der Waals surface area contributed by atoms with Crippen LogP contribution in [0.2, 0.25) is 0 Å². The smallest absolute Gasteiger partial charge is 0.139 e. The van der Waals surface area contributed by atoms with Crippen molar-refractivity contribution < 1.29 is 0 Å². The first-order valence-corrected chi connectivity index (χ1v) is 8.88. The minimum atomic E-state index is 0.249. The third-order valence-corrected chi connectivity index (χ3v) is 4.81. The van der Waals surface area contributed by atoms with Crippen LogP contribution >= 0.6 is 0 Å². The number of nitrogens with zero attached hydrogens (tertiary/aromatic N) is 4. The van der Waals surface area contributed by atoms with Gasteiger partial charge in [-0.1, -0.05) is 18.2 Å². The molecule has 5 nitrogen and oxygen atoms in total. The number of nitrogens with one attached hydrogen (secondary N) is 1. The summed E-state index contributed by atoms with van der Waals surface area (Å²) in [5, 5.41) is 3.57. The minimum Gasteiger partial charge on any atom is -0.307 e. The van der Waals surface area contributed by atoms with Crippen molar-refractivity contribution in [3.63, 3.8) is 0 Å². The van der Waals surface area contributed by atoms with Gasteiger partial charge in [0, 0.05) is 43.1 Å². The fourth-order valence-electron chi connectivity index (χ4n) is 3.24. The average Bonchev–Trinajstić information content (AvgIpc) is 3.26. The highest BCUT2D eigenvalue weighted by Crippen LogP contribution is 2.17. The summed E-state index contributed by atoms with van der Waals surface area (Å²) in [7, 11) is 0. The van der Waals surface area contributed by atoms with E-state index in [-0.39, 0.29) is 6.04 Å². The lowest BCUT2D eigenvalue weighted by Gasteiger charge is -2.14. The van der Waals surface area contributed by atoms with Crippen molar-refractivity contribution in [3.8, 4) is 5.69 Å². The number of pyridine rings is 1. The molecule has 4 aromatic rings. The fraction of sp³-hybridized carbons (Fsp3) is 0.238. The molecule has 0 fully saturated rings. The molecule has 5 heteroatoms. The molecule has 4 rings (SSSR count). The Morgan fingerprint density at radius 1 is 1.08 bits per heavy atom. The molecule has 0 aliphatic heterocycles. The van der Waals surface area contributed by atoms with Gasteiger partial charge in [0.05, 0.1) is 5.69 Å². The highest BCUT2D eigenvalue weighted by molar-refractivity contribution is 5.47. The highest BCUT2D eigenvalue weighted by atomic mass is 15.1. The van der Waals surface area contributed by atoms with Gasteiger partial charge in [-0.3, -0.25) is 0 Å². The molecule has 3 aromatic heterocycles. The first-order chi connectivity index (χ1) is 12.6. The van der Waals surface area contributed by atoms with Crippen LogP contribution in [-0.4, -0.2) is 18.9 Å². The van der Waals surface area contributed by atoms with Gasteiger partial charge < -0.3 is 14.3 Å². The fourth-order valence-corrected chi connectivity index (χ4v) is 3.24. The Morgan fingerprint density at radius 3 is 2.58 bits per heavy atom. The van der Waals surface area contributed by atoms with Crippen LogP contribution in [0.3, 0.4) is 0 Å². The standard InChI is InChI=1S/C21H23N5/c1-15-5-4-11-25-14-19(24-21(15)25)13-23-16(2)18-6-8-20(9-7-18)26-12-10-22-17(26)3/h4-12,14,16,23H,13H2,1-3H3/t16-/m0/s1. The molecule has 1 atom stereocenters. The number of hydrogen-bond donors (Lipinski definition) is 1. The third-order valence-electron chi connectivity index (χ3n) is 4.81. The van der Waals surface area contributed by atoms with Crippen LogP contribution in [0.25, 0.3) is 11.3 Å². The summed E-state index contributed by atoms with van der Waals surface area (Å²) in [6, 6.07) is 13.0. The van der Waals surface area contributed by atoms with Gasteiger partial charge >= 0.3 is 0 Å². The molecule has 1 N–H and O–H groups in total. The first-order valence-electron chi connectivity index (χ1n) is 8.88. The van der Waals surface area contributed by atoms with Crippen molar-refractivity contribution in [1.82, 2.24) is 24.3 Å². The Bertz CT molecular complexity index is 1030. The Balaban J connectivity index is 1.45. The van der Waals surface area contributed by atoms with E-state index in [9.17, 15) is 0 Å². The Labute approximate surface area is 153 Å². The van der Waals surface area contributed by atoms with E-state index in [4.69, 9.17) is 4.98 Å². The van der Waals surface area contributed by atoms with E-state index in [1.807, 2.05) is 31.6 Å². The molecule has 1 aromatic carbocycles.